The topological polar surface area (TPSA) is 59.6 Å². The van der Waals surface area contributed by atoms with Crippen LogP contribution in [-0.2, 0) is 6.42 Å². The van der Waals surface area contributed by atoms with Crippen LogP contribution in [0.15, 0.2) is 16.8 Å². The third kappa shape index (κ3) is 2.10. The number of aromatic amines is 1. The van der Waals surface area contributed by atoms with Crippen LogP contribution in [0.5, 0.6) is 0 Å². The number of nitrogens with one attached hydrogen (secondary N) is 1. The Kier molecular flexibility index (Phi) is 2.88. The van der Waals surface area contributed by atoms with Crippen LogP contribution < -0.4 is 5.73 Å². The molecule has 4 nitrogen and oxygen atoms in total. The first-order valence-corrected chi connectivity index (χ1v) is 5.97. The van der Waals surface area contributed by atoms with Gasteiger partial charge in [-0.05, 0) is 48.0 Å². The van der Waals surface area contributed by atoms with Crippen LogP contribution in [0.1, 0.15) is 18.5 Å². The third-order valence-electron chi connectivity index (χ3n) is 2.28. The van der Waals surface area contributed by atoms with Crippen LogP contribution in [0, 0.1) is 4.77 Å². The summed E-state index contributed by atoms with van der Waals surface area (Å²) in [4.78, 5) is 0. The van der Waals surface area contributed by atoms with Crippen molar-refractivity contribution in [3.63, 3.8) is 0 Å². The fourth-order valence-electron chi connectivity index (χ4n) is 1.58. The molecule has 15 heavy (non-hydrogen) atoms. The van der Waals surface area contributed by atoms with Gasteiger partial charge in [-0.3, -0.25) is 4.57 Å². The van der Waals surface area contributed by atoms with Gasteiger partial charge in [0.25, 0.3) is 0 Å². The van der Waals surface area contributed by atoms with E-state index in [1.807, 2.05) is 4.57 Å². The molecule has 0 saturated carbocycles. The first-order chi connectivity index (χ1) is 7.18. The summed E-state index contributed by atoms with van der Waals surface area (Å²) >= 11 is 6.81. The van der Waals surface area contributed by atoms with E-state index >= 15 is 0 Å². The molecule has 2 aromatic rings. The lowest BCUT2D eigenvalue weighted by atomic mass is 10.1. The van der Waals surface area contributed by atoms with Crippen molar-refractivity contribution in [2.45, 2.75) is 19.4 Å². The van der Waals surface area contributed by atoms with E-state index in [9.17, 15) is 0 Å². The maximum Gasteiger partial charge on any atom is 0.220 e. The molecule has 1 unspecified atom stereocenters. The Morgan fingerprint density at radius 1 is 1.73 bits per heavy atom. The Balaban J connectivity index is 2.22. The van der Waals surface area contributed by atoms with Crippen molar-refractivity contribution in [2.75, 3.05) is 5.73 Å². The van der Waals surface area contributed by atoms with Gasteiger partial charge in [-0.25, -0.2) is 5.10 Å². The van der Waals surface area contributed by atoms with E-state index in [1.54, 1.807) is 11.3 Å². The molecule has 0 saturated heterocycles. The molecule has 0 aliphatic heterocycles. The highest BCUT2D eigenvalue weighted by Crippen LogP contribution is 2.18. The van der Waals surface area contributed by atoms with Gasteiger partial charge in [-0.1, -0.05) is 0 Å². The van der Waals surface area contributed by atoms with E-state index in [1.165, 1.54) is 5.56 Å². The number of aromatic nitrogens is 3. The predicted octanol–water partition coefficient (Wildman–Crippen LogP) is 2.39. The van der Waals surface area contributed by atoms with Crippen LogP contribution in [0.25, 0.3) is 0 Å². The molecule has 0 aromatic carbocycles. The molecular formula is C9H12N4S2. The van der Waals surface area contributed by atoms with Crippen molar-refractivity contribution >= 4 is 29.5 Å². The number of hydrogen-bond acceptors (Lipinski definition) is 4. The van der Waals surface area contributed by atoms with E-state index in [-0.39, 0.29) is 6.04 Å². The molecule has 2 rings (SSSR count). The fourth-order valence-corrected chi connectivity index (χ4v) is 2.58. The molecule has 80 valence electrons. The van der Waals surface area contributed by atoms with E-state index in [4.69, 9.17) is 18.0 Å². The van der Waals surface area contributed by atoms with Gasteiger partial charge in [0, 0.05) is 6.04 Å². The van der Waals surface area contributed by atoms with Crippen LogP contribution in [0.3, 0.4) is 0 Å². The van der Waals surface area contributed by atoms with Crippen LogP contribution in [-0.4, -0.2) is 14.8 Å². The average molecular weight is 240 g/mol. The monoisotopic (exact) mass is 240 g/mol. The van der Waals surface area contributed by atoms with Crippen molar-refractivity contribution in [1.29, 1.82) is 0 Å². The maximum atomic E-state index is 5.73. The lowest BCUT2D eigenvalue weighted by Crippen LogP contribution is -2.11. The van der Waals surface area contributed by atoms with Gasteiger partial charge in [0.05, 0.1) is 0 Å². The Bertz CT molecular complexity index is 482. The Morgan fingerprint density at radius 3 is 3.07 bits per heavy atom. The molecule has 1 atom stereocenters. The smallest absolute Gasteiger partial charge is 0.220 e. The zero-order valence-electron chi connectivity index (χ0n) is 8.30. The molecule has 0 spiro atoms. The summed E-state index contributed by atoms with van der Waals surface area (Å²) in [6.45, 7) is 2.08. The van der Waals surface area contributed by atoms with Crippen molar-refractivity contribution < 1.29 is 0 Å². The molecular weight excluding hydrogens is 228 g/mol. The predicted molar refractivity (Wildman–Crippen MR) is 64.6 cm³/mol. The maximum absolute atomic E-state index is 5.73. The zero-order valence-corrected chi connectivity index (χ0v) is 9.94. The summed E-state index contributed by atoms with van der Waals surface area (Å²) < 4.78 is 2.42. The van der Waals surface area contributed by atoms with Crippen molar-refractivity contribution in [2.24, 2.45) is 0 Å². The fraction of sp³-hybridized carbons (Fsp3) is 0.333. The highest BCUT2D eigenvalue weighted by molar-refractivity contribution is 7.71. The van der Waals surface area contributed by atoms with Crippen LogP contribution in [0.2, 0.25) is 0 Å². The molecule has 0 aliphatic rings. The largest absolute Gasteiger partial charge is 0.368 e. The number of nitrogens with zero attached hydrogens (tertiary/aromatic N) is 2. The number of hydrogen-bond donors (Lipinski definition) is 2. The molecule has 3 N–H and O–H groups in total. The minimum atomic E-state index is 0.228. The average Bonchev–Trinajstić information content (AvgIpc) is 2.77. The number of rotatable bonds is 3. The van der Waals surface area contributed by atoms with E-state index in [0.29, 0.717) is 10.7 Å². The summed E-state index contributed by atoms with van der Waals surface area (Å²) in [5.74, 6) is 0.447. The lowest BCUT2D eigenvalue weighted by molar-refractivity contribution is 0.545. The van der Waals surface area contributed by atoms with Gasteiger partial charge in [-0.15, -0.1) is 5.10 Å². The highest BCUT2D eigenvalue weighted by atomic mass is 32.1. The Morgan fingerprint density at radius 2 is 2.53 bits per heavy atom. The van der Waals surface area contributed by atoms with Crippen molar-refractivity contribution in [1.82, 2.24) is 14.8 Å². The van der Waals surface area contributed by atoms with Crippen LogP contribution >= 0.6 is 23.6 Å². The molecule has 0 bridgehead atoms. The highest BCUT2D eigenvalue weighted by Gasteiger charge is 2.11. The second-order valence-corrected chi connectivity index (χ2v) is 4.61. The molecule has 2 aromatic heterocycles. The molecule has 0 radical (unpaired) electrons. The van der Waals surface area contributed by atoms with Gasteiger partial charge in [-0.2, -0.15) is 11.3 Å². The first kappa shape index (κ1) is 10.4. The second kappa shape index (κ2) is 4.16. The zero-order chi connectivity index (χ0) is 10.8. The quantitative estimate of drug-likeness (QED) is 0.810. The third-order valence-corrected chi connectivity index (χ3v) is 3.30. The van der Waals surface area contributed by atoms with Crippen LogP contribution in [0.4, 0.5) is 5.95 Å². The molecule has 2 heterocycles. The van der Waals surface area contributed by atoms with E-state index < -0.39 is 0 Å². The van der Waals surface area contributed by atoms with Gasteiger partial charge in [0.15, 0.2) is 4.77 Å². The van der Waals surface area contributed by atoms with E-state index in [2.05, 4.69) is 33.9 Å². The Labute approximate surface area is 96.7 Å². The number of nitrogen functional groups attached to an aromatic ring is 1. The number of H-pyrrole nitrogens is 1. The minimum Gasteiger partial charge on any atom is -0.368 e. The second-order valence-electron chi connectivity index (χ2n) is 3.44. The van der Waals surface area contributed by atoms with Gasteiger partial charge in [0.1, 0.15) is 0 Å². The van der Waals surface area contributed by atoms with Gasteiger partial charge in [0.2, 0.25) is 5.95 Å². The van der Waals surface area contributed by atoms with Crippen molar-refractivity contribution in [3.8, 4) is 0 Å². The summed E-state index contributed by atoms with van der Waals surface area (Å²) in [6.07, 6.45) is 0.918. The van der Waals surface area contributed by atoms with Crippen molar-refractivity contribution in [3.05, 3.63) is 27.2 Å². The normalized spacial score (nSPS) is 12.9. The van der Waals surface area contributed by atoms with E-state index in [0.717, 1.165) is 6.42 Å². The standard InChI is InChI=1S/C9H12N4S2/c1-6(4-7-2-3-15-5-7)13-8(10)11-12-9(13)14/h2-3,5-6H,4H2,1H3,(H2,10,11)(H,12,14). The molecule has 6 heteroatoms. The van der Waals surface area contributed by atoms with Gasteiger partial charge < -0.3 is 5.73 Å². The molecule has 0 amide bonds. The SMILES string of the molecule is CC(Cc1ccsc1)n1c(N)n[nH]c1=S. The lowest BCUT2D eigenvalue weighted by Gasteiger charge is -2.12. The molecule has 0 aliphatic carbocycles. The summed E-state index contributed by atoms with van der Waals surface area (Å²) in [5, 5.41) is 10.8. The summed E-state index contributed by atoms with van der Waals surface area (Å²) in [6, 6.07) is 2.34. The first-order valence-electron chi connectivity index (χ1n) is 4.62. The number of thiophene rings is 1. The molecule has 0 fully saturated rings. The number of anilines is 1. The minimum absolute atomic E-state index is 0.228. The number of nitrogens with two attached hydrogens (primary N) is 1. The summed E-state index contributed by atoms with van der Waals surface area (Å²) in [5.41, 5.74) is 7.03. The Hall–Kier alpha value is -1.14. The van der Waals surface area contributed by atoms with Gasteiger partial charge >= 0.3 is 0 Å². The summed E-state index contributed by atoms with van der Waals surface area (Å²) in [7, 11) is 0.